The van der Waals surface area contributed by atoms with Gasteiger partial charge in [-0.25, -0.2) is 0 Å². The van der Waals surface area contributed by atoms with Gasteiger partial charge in [-0.3, -0.25) is 0 Å². The SMILES string of the molecule is CC(C)c1ccc([C@@H](N)CO)cc1.Cl. The first-order valence-electron chi connectivity index (χ1n) is 4.61. The zero-order valence-corrected chi connectivity index (χ0v) is 9.42. The fourth-order valence-electron chi connectivity index (χ4n) is 1.23. The van der Waals surface area contributed by atoms with Crippen molar-refractivity contribution in [1.82, 2.24) is 0 Å². The summed E-state index contributed by atoms with van der Waals surface area (Å²) in [6.45, 7) is 4.31. The first-order chi connectivity index (χ1) is 6.15. The van der Waals surface area contributed by atoms with Crippen molar-refractivity contribution >= 4 is 12.4 Å². The summed E-state index contributed by atoms with van der Waals surface area (Å²) in [6, 6.07) is 7.85. The van der Waals surface area contributed by atoms with E-state index in [1.165, 1.54) is 5.56 Å². The molecule has 0 saturated heterocycles. The van der Waals surface area contributed by atoms with Gasteiger partial charge in [-0.2, -0.15) is 0 Å². The Labute approximate surface area is 91.5 Å². The molecule has 14 heavy (non-hydrogen) atoms. The first kappa shape index (κ1) is 13.4. The predicted molar refractivity (Wildman–Crippen MR) is 61.8 cm³/mol. The second-order valence-electron chi connectivity index (χ2n) is 3.61. The van der Waals surface area contributed by atoms with Crippen LogP contribution < -0.4 is 5.73 Å². The van der Waals surface area contributed by atoms with Gasteiger partial charge in [0.2, 0.25) is 0 Å². The number of aliphatic hydroxyl groups is 1. The second kappa shape index (κ2) is 6.02. The number of hydrogen-bond donors (Lipinski definition) is 2. The smallest absolute Gasteiger partial charge is 0.0624 e. The monoisotopic (exact) mass is 215 g/mol. The number of aliphatic hydroxyl groups excluding tert-OH is 1. The van der Waals surface area contributed by atoms with Gasteiger partial charge in [-0.1, -0.05) is 38.1 Å². The fraction of sp³-hybridized carbons (Fsp3) is 0.455. The molecule has 0 aliphatic heterocycles. The molecule has 0 spiro atoms. The molecule has 3 heteroatoms. The van der Waals surface area contributed by atoms with E-state index in [1.807, 2.05) is 12.1 Å². The maximum Gasteiger partial charge on any atom is 0.0624 e. The Hall–Kier alpha value is -0.570. The molecule has 0 fully saturated rings. The Bertz CT molecular complexity index is 258. The standard InChI is InChI=1S/C11H17NO.ClH/c1-8(2)9-3-5-10(6-4-9)11(12)7-13;/h3-6,8,11,13H,7,12H2,1-2H3;1H/t11-;/m0./s1. The molecule has 1 atom stereocenters. The number of hydrogen-bond acceptors (Lipinski definition) is 2. The molecule has 1 aromatic carbocycles. The molecule has 80 valence electrons. The van der Waals surface area contributed by atoms with E-state index < -0.39 is 0 Å². The van der Waals surface area contributed by atoms with E-state index >= 15 is 0 Å². The summed E-state index contributed by atoms with van der Waals surface area (Å²) in [7, 11) is 0. The van der Waals surface area contributed by atoms with E-state index in [4.69, 9.17) is 10.8 Å². The average molecular weight is 216 g/mol. The van der Waals surface area contributed by atoms with Crippen LogP contribution in [0.25, 0.3) is 0 Å². The van der Waals surface area contributed by atoms with Crippen molar-refractivity contribution in [3.05, 3.63) is 35.4 Å². The van der Waals surface area contributed by atoms with Crippen LogP contribution in [0.5, 0.6) is 0 Å². The molecule has 1 aromatic rings. The molecule has 0 aliphatic rings. The summed E-state index contributed by atoms with van der Waals surface area (Å²) in [6.07, 6.45) is 0. The third-order valence-corrected chi connectivity index (χ3v) is 2.23. The molecule has 0 amide bonds. The molecule has 0 aromatic heterocycles. The Kier molecular flexibility index (Phi) is 5.77. The van der Waals surface area contributed by atoms with Crippen LogP contribution in [0.3, 0.4) is 0 Å². The minimum atomic E-state index is -0.249. The highest BCUT2D eigenvalue weighted by atomic mass is 35.5. The van der Waals surface area contributed by atoms with Gasteiger partial charge < -0.3 is 10.8 Å². The van der Waals surface area contributed by atoms with E-state index in [-0.39, 0.29) is 25.1 Å². The van der Waals surface area contributed by atoms with E-state index in [1.54, 1.807) is 0 Å². The van der Waals surface area contributed by atoms with Crippen LogP contribution in [-0.2, 0) is 0 Å². The van der Waals surface area contributed by atoms with Gasteiger partial charge in [-0.15, -0.1) is 12.4 Å². The van der Waals surface area contributed by atoms with E-state index in [0.717, 1.165) is 5.56 Å². The van der Waals surface area contributed by atoms with Crippen molar-refractivity contribution in [2.24, 2.45) is 5.73 Å². The Morgan fingerprint density at radius 2 is 1.57 bits per heavy atom. The molecule has 3 N–H and O–H groups in total. The summed E-state index contributed by atoms with van der Waals surface area (Å²) >= 11 is 0. The number of rotatable bonds is 3. The van der Waals surface area contributed by atoms with Crippen LogP contribution in [-0.4, -0.2) is 11.7 Å². The Morgan fingerprint density at radius 1 is 1.14 bits per heavy atom. The third-order valence-electron chi connectivity index (χ3n) is 2.23. The van der Waals surface area contributed by atoms with Gasteiger partial charge in [0.25, 0.3) is 0 Å². The lowest BCUT2D eigenvalue weighted by atomic mass is 10.00. The second-order valence-corrected chi connectivity index (χ2v) is 3.61. The van der Waals surface area contributed by atoms with Crippen LogP contribution in [0, 0.1) is 0 Å². The van der Waals surface area contributed by atoms with Crippen LogP contribution in [0.1, 0.15) is 36.9 Å². The molecule has 0 heterocycles. The molecule has 2 nitrogen and oxygen atoms in total. The van der Waals surface area contributed by atoms with E-state index in [9.17, 15) is 0 Å². The largest absolute Gasteiger partial charge is 0.394 e. The zero-order chi connectivity index (χ0) is 9.84. The average Bonchev–Trinajstić information content (AvgIpc) is 2.17. The third kappa shape index (κ3) is 3.29. The predicted octanol–water partition coefficient (Wildman–Crippen LogP) is 2.22. The first-order valence-corrected chi connectivity index (χ1v) is 4.61. The molecule has 1 rings (SSSR count). The maximum absolute atomic E-state index is 8.84. The zero-order valence-electron chi connectivity index (χ0n) is 8.60. The van der Waals surface area contributed by atoms with Gasteiger partial charge in [0.1, 0.15) is 0 Å². The van der Waals surface area contributed by atoms with Crippen molar-refractivity contribution in [3.8, 4) is 0 Å². The summed E-state index contributed by atoms with van der Waals surface area (Å²) < 4.78 is 0. The molecule has 0 unspecified atom stereocenters. The van der Waals surface area contributed by atoms with Crippen LogP contribution >= 0.6 is 12.4 Å². The molecular formula is C11H18ClNO. The van der Waals surface area contributed by atoms with Crippen LogP contribution in [0.4, 0.5) is 0 Å². The molecule has 0 radical (unpaired) electrons. The van der Waals surface area contributed by atoms with Gasteiger partial charge in [-0.05, 0) is 17.0 Å². The molecule has 0 saturated carbocycles. The maximum atomic E-state index is 8.84. The quantitative estimate of drug-likeness (QED) is 0.813. The number of benzene rings is 1. The number of halogens is 1. The summed E-state index contributed by atoms with van der Waals surface area (Å²) in [4.78, 5) is 0. The van der Waals surface area contributed by atoms with Crippen molar-refractivity contribution in [2.45, 2.75) is 25.8 Å². The number of nitrogens with two attached hydrogens (primary N) is 1. The lowest BCUT2D eigenvalue weighted by Gasteiger charge is -2.10. The van der Waals surface area contributed by atoms with Gasteiger partial charge in [0.05, 0.1) is 12.6 Å². The van der Waals surface area contributed by atoms with Gasteiger partial charge >= 0.3 is 0 Å². The molecule has 0 aliphatic carbocycles. The highest BCUT2D eigenvalue weighted by molar-refractivity contribution is 5.85. The van der Waals surface area contributed by atoms with Crippen molar-refractivity contribution in [2.75, 3.05) is 6.61 Å². The van der Waals surface area contributed by atoms with Crippen molar-refractivity contribution in [1.29, 1.82) is 0 Å². The lowest BCUT2D eigenvalue weighted by Crippen LogP contribution is -2.14. The minimum Gasteiger partial charge on any atom is -0.394 e. The summed E-state index contributed by atoms with van der Waals surface area (Å²) in [5, 5.41) is 8.84. The molecular weight excluding hydrogens is 198 g/mol. The van der Waals surface area contributed by atoms with Crippen molar-refractivity contribution in [3.63, 3.8) is 0 Å². The summed E-state index contributed by atoms with van der Waals surface area (Å²) in [5.74, 6) is 0.541. The molecule has 0 bridgehead atoms. The Balaban J connectivity index is 0.00000169. The fourth-order valence-corrected chi connectivity index (χ4v) is 1.23. The highest BCUT2D eigenvalue weighted by Crippen LogP contribution is 2.17. The highest BCUT2D eigenvalue weighted by Gasteiger charge is 2.04. The lowest BCUT2D eigenvalue weighted by molar-refractivity contribution is 0.268. The van der Waals surface area contributed by atoms with Crippen LogP contribution in [0.2, 0.25) is 0 Å². The normalized spacial score (nSPS) is 12.4. The summed E-state index contributed by atoms with van der Waals surface area (Å²) in [5.41, 5.74) is 7.96. The van der Waals surface area contributed by atoms with Gasteiger partial charge in [0.15, 0.2) is 0 Å². The Morgan fingerprint density at radius 3 is 1.93 bits per heavy atom. The van der Waals surface area contributed by atoms with E-state index in [0.29, 0.717) is 5.92 Å². The van der Waals surface area contributed by atoms with Gasteiger partial charge in [0, 0.05) is 0 Å². The van der Waals surface area contributed by atoms with Crippen LogP contribution in [0.15, 0.2) is 24.3 Å². The topological polar surface area (TPSA) is 46.2 Å². The van der Waals surface area contributed by atoms with Crippen molar-refractivity contribution < 1.29 is 5.11 Å². The van der Waals surface area contributed by atoms with E-state index in [2.05, 4.69) is 26.0 Å². The minimum absolute atomic E-state index is 0.